The van der Waals surface area contributed by atoms with E-state index in [0.29, 0.717) is 5.56 Å². The largest absolute Gasteiger partial charge is 0.534 e. The number of ether oxygens (including phenoxy) is 1. The van der Waals surface area contributed by atoms with Gasteiger partial charge in [-0.05, 0) is 17.0 Å². The fourth-order valence-corrected chi connectivity index (χ4v) is 2.68. The minimum atomic E-state index is -5.80. The Labute approximate surface area is 150 Å². The molecule has 8 heteroatoms. The van der Waals surface area contributed by atoms with Gasteiger partial charge in [0, 0.05) is 5.56 Å². The van der Waals surface area contributed by atoms with Gasteiger partial charge in [-0.2, -0.15) is 21.6 Å². The third-order valence-corrected chi connectivity index (χ3v) is 4.46. The monoisotopic (exact) mass is 388 g/mol. The lowest BCUT2D eigenvalue weighted by Gasteiger charge is -2.24. The minimum absolute atomic E-state index is 0.0309. The van der Waals surface area contributed by atoms with Gasteiger partial charge in [-0.3, -0.25) is 0 Å². The van der Waals surface area contributed by atoms with E-state index in [1.165, 1.54) is 6.07 Å². The Balaban J connectivity index is 2.45. The first kappa shape index (κ1) is 20.1. The molecule has 0 spiro atoms. The molecule has 0 bridgehead atoms. The van der Waals surface area contributed by atoms with Crippen LogP contribution < -0.4 is 8.92 Å². The number of alkyl halides is 3. The Morgan fingerprint density at radius 2 is 1.54 bits per heavy atom. The molecule has 0 N–H and O–H groups in total. The summed E-state index contributed by atoms with van der Waals surface area (Å²) in [6.45, 7) is 5.55. The van der Waals surface area contributed by atoms with E-state index in [1.807, 2.05) is 26.8 Å². The van der Waals surface area contributed by atoms with Crippen LogP contribution in [0.2, 0.25) is 0 Å². The van der Waals surface area contributed by atoms with Crippen molar-refractivity contribution in [1.82, 2.24) is 0 Å². The average molecular weight is 388 g/mol. The van der Waals surface area contributed by atoms with Crippen molar-refractivity contribution in [2.75, 3.05) is 0 Å². The summed E-state index contributed by atoms with van der Waals surface area (Å²) in [6, 6.07) is 13.2. The number of hydrogen-bond donors (Lipinski definition) is 0. The van der Waals surface area contributed by atoms with Crippen LogP contribution in [0.5, 0.6) is 11.5 Å². The highest BCUT2D eigenvalue weighted by atomic mass is 32.2. The summed E-state index contributed by atoms with van der Waals surface area (Å²) < 4.78 is 70.9. The predicted octanol–water partition coefficient (Wildman–Crippen LogP) is 4.79. The fourth-order valence-electron chi connectivity index (χ4n) is 2.22. The second-order valence-corrected chi connectivity index (χ2v) is 8.18. The highest BCUT2D eigenvalue weighted by molar-refractivity contribution is 7.88. The molecule has 2 aromatic rings. The minimum Gasteiger partial charge on any atom is -0.485 e. The zero-order valence-corrected chi connectivity index (χ0v) is 15.3. The van der Waals surface area contributed by atoms with Gasteiger partial charge in [0.1, 0.15) is 6.61 Å². The van der Waals surface area contributed by atoms with Crippen LogP contribution in [0.15, 0.2) is 48.5 Å². The van der Waals surface area contributed by atoms with Crippen LogP contribution in [-0.2, 0) is 22.1 Å². The summed E-state index contributed by atoms with van der Waals surface area (Å²) in [5, 5.41) is 0. The number of rotatable bonds is 5. The van der Waals surface area contributed by atoms with E-state index in [9.17, 15) is 21.6 Å². The fraction of sp³-hybridized carbons (Fsp3) is 0.333. The summed E-state index contributed by atoms with van der Waals surface area (Å²) in [5.74, 6) is -0.526. The number of hydrogen-bond acceptors (Lipinski definition) is 4. The molecule has 0 amide bonds. The van der Waals surface area contributed by atoms with E-state index in [1.54, 1.807) is 30.3 Å². The van der Waals surface area contributed by atoms with Gasteiger partial charge in [-0.1, -0.05) is 63.2 Å². The number of halogens is 3. The maximum atomic E-state index is 12.7. The standard InChI is InChI=1S/C18H19F3O4S/c1-17(2,3)14-10-7-11-15(25-26(22,23)18(19,20)21)16(14)24-12-13-8-5-4-6-9-13/h4-11H,12H2,1-3H3. The van der Waals surface area contributed by atoms with Gasteiger partial charge >= 0.3 is 15.6 Å². The first-order chi connectivity index (χ1) is 11.9. The Morgan fingerprint density at radius 3 is 2.08 bits per heavy atom. The van der Waals surface area contributed by atoms with Crippen LogP contribution >= 0.6 is 0 Å². The van der Waals surface area contributed by atoms with Gasteiger partial charge in [0.15, 0.2) is 11.5 Å². The van der Waals surface area contributed by atoms with E-state index >= 15 is 0 Å². The molecule has 0 fully saturated rings. The van der Waals surface area contributed by atoms with Crippen LogP contribution in [0, 0.1) is 0 Å². The topological polar surface area (TPSA) is 52.6 Å². The Hall–Kier alpha value is -2.22. The molecular formula is C18H19F3O4S. The summed E-state index contributed by atoms with van der Waals surface area (Å²) in [4.78, 5) is 0. The second kappa shape index (κ2) is 7.19. The van der Waals surface area contributed by atoms with Crippen LogP contribution in [-0.4, -0.2) is 13.9 Å². The Bertz CT molecular complexity index is 854. The van der Waals surface area contributed by atoms with Gasteiger partial charge in [0.2, 0.25) is 0 Å². The highest BCUT2D eigenvalue weighted by Gasteiger charge is 2.49. The summed E-state index contributed by atoms with van der Waals surface area (Å²) >= 11 is 0. The van der Waals surface area contributed by atoms with Gasteiger partial charge in [0.05, 0.1) is 0 Å². The third-order valence-electron chi connectivity index (χ3n) is 3.50. The summed E-state index contributed by atoms with van der Waals surface area (Å²) in [6.07, 6.45) is 0. The molecule has 0 atom stereocenters. The van der Waals surface area contributed by atoms with Gasteiger partial charge < -0.3 is 8.92 Å². The molecule has 2 rings (SSSR count). The summed E-state index contributed by atoms with van der Waals surface area (Å²) in [7, 11) is -5.80. The second-order valence-electron chi connectivity index (χ2n) is 6.64. The maximum absolute atomic E-state index is 12.7. The van der Waals surface area contributed by atoms with Crippen molar-refractivity contribution in [1.29, 1.82) is 0 Å². The number of benzene rings is 2. The average Bonchev–Trinajstić information content (AvgIpc) is 2.52. The lowest BCUT2D eigenvalue weighted by atomic mass is 9.86. The van der Waals surface area contributed by atoms with Crippen molar-refractivity contribution in [3.05, 3.63) is 59.7 Å². The van der Waals surface area contributed by atoms with Crippen molar-refractivity contribution in [2.45, 2.75) is 38.3 Å². The smallest absolute Gasteiger partial charge is 0.485 e. The zero-order valence-electron chi connectivity index (χ0n) is 14.5. The first-order valence-corrected chi connectivity index (χ1v) is 9.13. The molecule has 2 aromatic carbocycles. The molecule has 0 saturated heterocycles. The van der Waals surface area contributed by atoms with E-state index in [2.05, 4.69) is 4.18 Å². The molecule has 0 aromatic heterocycles. The Kier molecular flexibility index (Phi) is 5.55. The molecule has 142 valence electrons. The van der Waals surface area contributed by atoms with Crippen molar-refractivity contribution in [3.8, 4) is 11.5 Å². The van der Waals surface area contributed by atoms with Crippen molar-refractivity contribution >= 4 is 10.1 Å². The van der Waals surface area contributed by atoms with Crippen molar-refractivity contribution < 1.29 is 30.5 Å². The maximum Gasteiger partial charge on any atom is 0.534 e. The third kappa shape index (κ3) is 4.69. The van der Waals surface area contributed by atoms with Gasteiger partial charge in [-0.25, -0.2) is 0 Å². The van der Waals surface area contributed by atoms with Crippen LogP contribution in [0.3, 0.4) is 0 Å². The highest BCUT2D eigenvalue weighted by Crippen LogP contribution is 2.41. The lowest BCUT2D eigenvalue weighted by molar-refractivity contribution is -0.0500. The molecule has 0 aliphatic rings. The first-order valence-electron chi connectivity index (χ1n) is 7.73. The van der Waals surface area contributed by atoms with Crippen molar-refractivity contribution in [3.63, 3.8) is 0 Å². The molecule has 0 heterocycles. The van der Waals surface area contributed by atoms with E-state index in [4.69, 9.17) is 4.74 Å². The van der Waals surface area contributed by atoms with Crippen LogP contribution in [0.4, 0.5) is 13.2 Å². The van der Waals surface area contributed by atoms with Gasteiger partial charge in [-0.15, -0.1) is 0 Å². The van der Waals surface area contributed by atoms with E-state index in [0.717, 1.165) is 11.6 Å². The molecule has 0 aliphatic carbocycles. The molecule has 0 unspecified atom stereocenters. The predicted molar refractivity (Wildman–Crippen MR) is 91.5 cm³/mol. The SMILES string of the molecule is CC(C)(C)c1cccc(OS(=O)(=O)C(F)(F)F)c1OCc1ccccc1. The molecule has 4 nitrogen and oxygen atoms in total. The van der Waals surface area contributed by atoms with Gasteiger partial charge in [0.25, 0.3) is 0 Å². The number of para-hydroxylation sites is 1. The normalized spacial score (nSPS) is 12.7. The molecule has 0 radical (unpaired) electrons. The lowest BCUT2D eigenvalue weighted by Crippen LogP contribution is -2.28. The molecule has 0 aliphatic heterocycles. The molecule has 0 saturated carbocycles. The quantitative estimate of drug-likeness (QED) is 0.546. The Morgan fingerprint density at radius 1 is 0.923 bits per heavy atom. The summed E-state index contributed by atoms with van der Waals surface area (Å²) in [5.41, 5.74) is -4.72. The van der Waals surface area contributed by atoms with E-state index in [-0.39, 0.29) is 12.4 Å². The molecule has 26 heavy (non-hydrogen) atoms. The van der Waals surface area contributed by atoms with Crippen LogP contribution in [0.1, 0.15) is 31.9 Å². The van der Waals surface area contributed by atoms with Crippen LogP contribution in [0.25, 0.3) is 0 Å². The van der Waals surface area contributed by atoms with E-state index < -0.39 is 26.8 Å². The van der Waals surface area contributed by atoms with Crippen molar-refractivity contribution in [2.24, 2.45) is 0 Å². The zero-order chi connectivity index (χ0) is 19.6. The molecular weight excluding hydrogens is 369 g/mol.